The van der Waals surface area contributed by atoms with E-state index in [0.29, 0.717) is 28.7 Å². The van der Waals surface area contributed by atoms with E-state index in [2.05, 4.69) is 21.2 Å². The highest BCUT2D eigenvalue weighted by Gasteiger charge is 2.27. The molecule has 29 heavy (non-hydrogen) atoms. The number of nitrogens with zero attached hydrogens (tertiary/aromatic N) is 1. The third kappa shape index (κ3) is 4.56. The Morgan fingerprint density at radius 3 is 2.48 bits per heavy atom. The second kappa shape index (κ2) is 9.04. The van der Waals surface area contributed by atoms with Crippen molar-refractivity contribution >= 4 is 33.4 Å². The molecular formula is C20H21BrN2O6. The van der Waals surface area contributed by atoms with Gasteiger partial charge in [0.15, 0.2) is 18.1 Å². The van der Waals surface area contributed by atoms with Gasteiger partial charge in [-0.3, -0.25) is 14.5 Å². The monoisotopic (exact) mass is 464 g/mol. The third-order valence-corrected chi connectivity index (χ3v) is 4.92. The number of rotatable bonds is 7. The van der Waals surface area contributed by atoms with Gasteiger partial charge in [0.1, 0.15) is 18.0 Å². The normalized spacial score (nSPS) is 12.7. The standard InChI is InChI=1S/C20H21BrN2O6/c1-26-15-8-18(28-3)17(27-2)6-12(15)9-22-19(24)10-23-14-5-4-13(21)7-16(14)29-11-20(23)25/h4-8H,9-11H2,1-3H3,(H,22,24). The van der Waals surface area contributed by atoms with Crippen molar-refractivity contribution in [3.8, 4) is 23.0 Å². The number of carbonyl (C=O) groups excluding carboxylic acids is 2. The van der Waals surface area contributed by atoms with Crippen LogP contribution in [-0.2, 0) is 16.1 Å². The molecule has 9 heteroatoms. The molecule has 1 heterocycles. The Morgan fingerprint density at radius 1 is 1.10 bits per heavy atom. The van der Waals surface area contributed by atoms with Gasteiger partial charge in [-0.05, 0) is 24.3 Å². The molecule has 0 bridgehead atoms. The SMILES string of the molecule is COc1cc(OC)c(OC)cc1CNC(=O)CN1C(=O)COc2cc(Br)ccc21. The molecule has 154 valence electrons. The third-order valence-electron chi connectivity index (χ3n) is 4.43. The molecule has 0 aliphatic carbocycles. The van der Waals surface area contributed by atoms with Crippen LogP contribution < -0.4 is 29.2 Å². The molecule has 0 atom stereocenters. The summed E-state index contributed by atoms with van der Waals surface area (Å²) >= 11 is 3.37. The predicted molar refractivity (Wildman–Crippen MR) is 110 cm³/mol. The van der Waals surface area contributed by atoms with Gasteiger partial charge in [0, 0.05) is 22.6 Å². The first-order valence-electron chi connectivity index (χ1n) is 8.75. The van der Waals surface area contributed by atoms with Gasteiger partial charge < -0.3 is 24.3 Å². The number of benzene rings is 2. The van der Waals surface area contributed by atoms with Crippen molar-refractivity contribution in [3.05, 3.63) is 40.4 Å². The number of amides is 2. The van der Waals surface area contributed by atoms with Gasteiger partial charge in [-0.25, -0.2) is 0 Å². The second-order valence-electron chi connectivity index (χ2n) is 6.18. The van der Waals surface area contributed by atoms with Crippen molar-refractivity contribution in [1.82, 2.24) is 5.32 Å². The van der Waals surface area contributed by atoms with Crippen LogP contribution in [-0.4, -0.2) is 46.3 Å². The van der Waals surface area contributed by atoms with E-state index in [9.17, 15) is 9.59 Å². The van der Waals surface area contributed by atoms with Gasteiger partial charge in [-0.15, -0.1) is 0 Å². The molecule has 1 aliphatic heterocycles. The summed E-state index contributed by atoms with van der Waals surface area (Å²) in [6, 6.07) is 8.73. The minimum absolute atomic E-state index is 0.111. The van der Waals surface area contributed by atoms with E-state index in [0.717, 1.165) is 10.0 Å². The van der Waals surface area contributed by atoms with Crippen LogP contribution in [0.1, 0.15) is 5.56 Å². The average Bonchev–Trinajstić information content (AvgIpc) is 2.73. The highest BCUT2D eigenvalue weighted by Crippen LogP contribution is 2.35. The van der Waals surface area contributed by atoms with Gasteiger partial charge in [-0.1, -0.05) is 15.9 Å². The second-order valence-corrected chi connectivity index (χ2v) is 7.09. The molecule has 0 fully saturated rings. The van der Waals surface area contributed by atoms with Gasteiger partial charge >= 0.3 is 0 Å². The van der Waals surface area contributed by atoms with E-state index in [4.69, 9.17) is 18.9 Å². The lowest BCUT2D eigenvalue weighted by molar-refractivity contribution is -0.125. The molecule has 0 saturated heterocycles. The molecule has 2 amide bonds. The Bertz CT molecular complexity index is 933. The first-order chi connectivity index (χ1) is 14.0. The molecule has 2 aromatic rings. The van der Waals surface area contributed by atoms with E-state index in [1.165, 1.54) is 26.2 Å². The van der Waals surface area contributed by atoms with E-state index in [1.54, 1.807) is 30.3 Å². The summed E-state index contributed by atoms with van der Waals surface area (Å²) in [6.07, 6.45) is 0. The average molecular weight is 465 g/mol. The number of hydrogen-bond donors (Lipinski definition) is 1. The summed E-state index contributed by atoms with van der Waals surface area (Å²) in [6.45, 7) is -0.0270. The predicted octanol–water partition coefficient (Wildman–Crippen LogP) is 2.52. The van der Waals surface area contributed by atoms with Gasteiger partial charge in [-0.2, -0.15) is 0 Å². The Hall–Kier alpha value is -2.94. The quantitative estimate of drug-likeness (QED) is 0.677. The summed E-state index contributed by atoms with van der Waals surface area (Å²) in [5.74, 6) is 1.57. The number of carbonyl (C=O) groups is 2. The molecule has 2 aromatic carbocycles. The first kappa shape index (κ1) is 20.8. The fraction of sp³-hybridized carbons (Fsp3) is 0.300. The zero-order chi connectivity index (χ0) is 21.0. The smallest absolute Gasteiger partial charge is 0.265 e. The number of hydrogen-bond acceptors (Lipinski definition) is 6. The number of ether oxygens (including phenoxy) is 4. The van der Waals surface area contributed by atoms with E-state index in [1.807, 2.05) is 0 Å². The lowest BCUT2D eigenvalue weighted by atomic mass is 10.1. The summed E-state index contributed by atoms with van der Waals surface area (Å²) in [5.41, 5.74) is 1.28. The van der Waals surface area contributed by atoms with E-state index in [-0.39, 0.29) is 31.5 Å². The highest BCUT2D eigenvalue weighted by atomic mass is 79.9. The first-order valence-corrected chi connectivity index (χ1v) is 9.54. The van der Waals surface area contributed by atoms with E-state index < -0.39 is 0 Å². The molecule has 8 nitrogen and oxygen atoms in total. The molecule has 1 N–H and O–H groups in total. The van der Waals surface area contributed by atoms with Crippen LogP contribution in [0.3, 0.4) is 0 Å². The number of nitrogens with one attached hydrogen (secondary N) is 1. The zero-order valence-corrected chi connectivity index (χ0v) is 17.9. The summed E-state index contributed by atoms with van der Waals surface area (Å²) in [7, 11) is 4.61. The van der Waals surface area contributed by atoms with Crippen molar-refractivity contribution < 1.29 is 28.5 Å². The maximum absolute atomic E-state index is 12.5. The Balaban J connectivity index is 1.72. The van der Waals surface area contributed by atoms with Crippen LogP contribution in [0.4, 0.5) is 5.69 Å². The fourth-order valence-electron chi connectivity index (χ4n) is 2.98. The minimum Gasteiger partial charge on any atom is -0.496 e. The summed E-state index contributed by atoms with van der Waals surface area (Å²) < 4.78 is 22.2. The van der Waals surface area contributed by atoms with E-state index >= 15 is 0 Å². The number of halogens is 1. The molecule has 3 rings (SSSR count). The van der Waals surface area contributed by atoms with Crippen LogP contribution in [0.5, 0.6) is 23.0 Å². The lowest BCUT2D eigenvalue weighted by Crippen LogP contribution is -2.45. The van der Waals surface area contributed by atoms with Crippen LogP contribution in [0.2, 0.25) is 0 Å². The van der Waals surface area contributed by atoms with Gasteiger partial charge in [0.2, 0.25) is 5.91 Å². The maximum Gasteiger partial charge on any atom is 0.265 e. The minimum atomic E-state index is -0.314. The topological polar surface area (TPSA) is 86.3 Å². The van der Waals surface area contributed by atoms with Crippen LogP contribution in [0.25, 0.3) is 0 Å². The van der Waals surface area contributed by atoms with Gasteiger partial charge in [0.05, 0.1) is 27.0 Å². The number of anilines is 1. The summed E-state index contributed by atoms with van der Waals surface area (Å²) in [4.78, 5) is 26.2. The van der Waals surface area contributed by atoms with Gasteiger partial charge in [0.25, 0.3) is 5.91 Å². The molecule has 0 aromatic heterocycles. The molecular weight excluding hydrogens is 444 g/mol. The van der Waals surface area contributed by atoms with Crippen LogP contribution >= 0.6 is 15.9 Å². The lowest BCUT2D eigenvalue weighted by Gasteiger charge is -2.29. The van der Waals surface area contributed by atoms with Crippen molar-refractivity contribution in [2.45, 2.75) is 6.54 Å². The summed E-state index contributed by atoms with van der Waals surface area (Å²) in [5, 5.41) is 2.81. The number of fused-ring (bicyclic) bond motifs is 1. The van der Waals surface area contributed by atoms with Crippen LogP contribution in [0.15, 0.2) is 34.8 Å². The van der Waals surface area contributed by atoms with Crippen molar-refractivity contribution in [2.24, 2.45) is 0 Å². The molecule has 0 unspecified atom stereocenters. The fourth-order valence-corrected chi connectivity index (χ4v) is 3.32. The van der Waals surface area contributed by atoms with Crippen molar-refractivity contribution in [3.63, 3.8) is 0 Å². The Morgan fingerprint density at radius 2 is 1.79 bits per heavy atom. The van der Waals surface area contributed by atoms with Crippen molar-refractivity contribution in [1.29, 1.82) is 0 Å². The Kier molecular flexibility index (Phi) is 6.48. The molecule has 0 saturated carbocycles. The van der Waals surface area contributed by atoms with Crippen LogP contribution in [0, 0.1) is 0 Å². The molecule has 1 aliphatic rings. The molecule has 0 radical (unpaired) electrons. The highest BCUT2D eigenvalue weighted by molar-refractivity contribution is 9.10. The zero-order valence-electron chi connectivity index (χ0n) is 16.3. The Labute approximate surface area is 176 Å². The maximum atomic E-state index is 12.5. The van der Waals surface area contributed by atoms with Crippen molar-refractivity contribution in [2.75, 3.05) is 39.4 Å². The number of methoxy groups -OCH3 is 3. The molecule has 0 spiro atoms. The largest absolute Gasteiger partial charge is 0.496 e.